The lowest BCUT2D eigenvalue weighted by atomic mass is 9.95. The van der Waals surface area contributed by atoms with Gasteiger partial charge < -0.3 is 23.5 Å². The third kappa shape index (κ3) is 6.98. The van der Waals surface area contributed by atoms with Crippen LogP contribution in [0.1, 0.15) is 31.2 Å². The number of methoxy groups -OCH3 is 2. The summed E-state index contributed by atoms with van der Waals surface area (Å²) in [5.74, 6) is 1.42. The first-order chi connectivity index (χ1) is 17.6. The second-order valence-corrected chi connectivity index (χ2v) is 9.22. The van der Waals surface area contributed by atoms with Gasteiger partial charge in [0, 0.05) is 39.1 Å². The maximum atomic E-state index is 14.0. The van der Waals surface area contributed by atoms with Gasteiger partial charge in [0.15, 0.2) is 23.1 Å². The maximum Gasteiger partial charge on any atom is 0.165 e. The van der Waals surface area contributed by atoms with Crippen LogP contribution in [0.4, 0.5) is 4.39 Å². The Balaban J connectivity index is 1.29. The van der Waals surface area contributed by atoms with Crippen molar-refractivity contribution in [1.82, 2.24) is 14.5 Å². The topological polar surface area (TPSA) is 58.0 Å². The Kier molecular flexibility index (Phi) is 9.19. The number of halogens is 1. The summed E-state index contributed by atoms with van der Waals surface area (Å²) in [5, 5.41) is 0. The Morgan fingerprint density at radius 3 is 2.67 bits per heavy atom. The number of hydrogen-bond donors (Lipinski definition) is 0. The molecule has 0 N–H and O–H groups in total. The third-order valence-electron chi connectivity index (χ3n) is 6.76. The number of aromatic nitrogens is 2. The molecule has 2 heterocycles. The zero-order valence-corrected chi connectivity index (χ0v) is 21.2. The van der Waals surface area contributed by atoms with Crippen LogP contribution in [0.5, 0.6) is 17.2 Å². The van der Waals surface area contributed by atoms with Gasteiger partial charge in [-0.15, -0.1) is 0 Å². The van der Waals surface area contributed by atoms with Gasteiger partial charge in [-0.1, -0.05) is 18.2 Å². The summed E-state index contributed by atoms with van der Waals surface area (Å²) in [7, 11) is 3.39. The number of likely N-dealkylation sites (tertiary alicyclic amines) is 1. The molecule has 1 atom stereocenters. The van der Waals surface area contributed by atoms with Gasteiger partial charge in [-0.05, 0) is 62.1 Å². The SMILES string of the molecule is COc1cc(CN2CCC[C@@](COc3ccccc3F)(OC)CC2)ccc1OCCCn1ccnc1. The molecule has 0 unspecified atom stereocenters. The molecule has 2 aromatic carbocycles. The molecule has 1 aromatic heterocycles. The monoisotopic (exact) mass is 497 g/mol. The fourth-order valence-corrected chi connectivity index (χ4v) is 4.60. The van der Waals surface area contributed by atoms with Crippen LogP contribution < -0.4 is 14.2 Å². The Morgan fingerprint density at radius 2 is 1.89 bits per heavy atom. The number of benzene rings is 2. The molecule has 1 saturated heterocycles. The standard InChI is InChI=1S/C28H36FN3O4/c1-33-27-19-23(9-10-26(27)35-18-6-15-32-17-13-30-22-32)20-31-14-5-11-28(34-2,12-16-31)21-36-25-8-4-3-7-24(25)29/h3-4,7-10,13,17,19,22H,5-6,11-12,14-16,18,20-21H2,1-2H3/t28-/m1/s1. The van der Waals surface area contributed by atoms with Crippen molar-refractivity contribution in [2.75, 3.05) is 40.5 Å². The van der Waals surface area contributed by atoms with Crippen LogP contribution in [-0.4, -0.2) is 60.6 Å². The molecule has 0 amide bonds. The largest absolute Gasteiger partial charge is 0.493 e. The van der Waals surface area contributed by atoms with Gasteiger partial charge in [-0.3, -0.25) is 4.90 Å². The minimum Gasteiger partial charge on any atom is -0.493 e. The Bertz CT molecular complexity index is 1080. The minimum absolute atomic E-state index is 0.270. The van der Waals surface area contributed by atoms with E-state index in [-0.39, 0.29) is 11.6 Å². The second-order valence-electron chi connectivity index (χ2n) is 9.22. The van der Waals surface area contributed by atoms with Gasteiger partial charge in [0.1, 0.15) is 12.2 Å². The van der Waals surface area contributed by atoms with E-state index >= 15 is 0 Å². The highest BCUT2D eigenvalue weighted by molar-refractivity contribution is 5.43. The lowest BCUT2D eigenvalue weighted by Crippen LogP contribution is -2.39. The van der Waals surface area contributed by atoms with E-state index in [0.717, 1.165) is 63.4 Å². The van der Waals surface area contributed by atoms with E-state index in [9.17, 15) is 4.39 Å². The molecule has 3 aromatic rings. The summed E-state index contributed by atoms with van der Waals surface area (Å²) in [6.45, 7) is 4.44. The summed E-state index contributed by atoms with van der Waals surface area (Å²) in [5.41, 5.74) is 0.744. The van der Waals surface area contributed by atoms with Gasteiger partial charge in [-0.25, -0.2) is 9.37 Å². The lowest BCUT2D eigenvalue weighted by Gasteiger charge is -2.31. The average Bonchev–Trinajstić information content (AvgIpc) is 3.34. The third-order valence-corrected chi connectivity index (χ3v) is 6.76. The Labute approximate surface area is 212 Å². The summed E-state index contributed by atoms with van der Waals surface area (Å²) in [6, 6.07) is 12.7. The highest BCUT2D eigenvalue weighted by atomic mass is 19.1. The van der Waals surface area contributed by atoms with Crippen molar-refractivity contribution in [2.24, 2.45) is 0 Å². The number of para-hydroxylation sites is 1. The molecule has 1 aliphatic rings. The quantitative estimate of drug-likeness (QED) is 0.330. The Hall–Kier alpha value is -3.10. The molecular formula is C28H36FN3O4. The first-order valence-electron chi connectivity index (χ1n) is 12.5. The van der Waals surface area contributed by atoms with Crippen molar-refractivity contribution < 1.29 is 23.3 Å². The van der Waals surface area contributed by atoms with Gasteiger partial charge in [-0.2, -0.15) is 0 Å². The fraction of sp³-hybridized carbons (Fsp3) is 0.464. The molecule has 0 bridgehead atoms. The van der Waals surface area contributed by atoms with Crippen LogP contribution in [0.3, 0.4) is 0 Å². The smallest absolute Gasteiger partial charge is 0.165 e. The number of rotatable bonds is 12. The fourth-order valence-electron chi connectivity index (χ4n) is 4.60. The van der Waals surface area contributed by atoms with Crippen molar-refractivity contribution in [2.45, 2.75) is 44.4 Å². The minimum atomic E-state index is -0.427. The van der Waals surface area contributed by atoms with E-state index in [0.29, 0.717) is 13.2 Å². The van der Waals surface area contributed by atoms with E-state index in [1.165, 1.54) is 11.6 Å². The number of aryl methyl sites for hydroxylation is 1. The highest BCUT2D eigenvalue weighted by Crippen LogP contribution is 2.31. The van der Waals surface area contributed by atoms with Crippen molar-refractivity contribution in [1.29, 1.82) is 0 Å². The normalized spacial score (nSPS) is 18.5. The molecule has 1 fully saturated rings. The average molecular weight is 498 g/mol. The van der Waals surface area contributed by atoms with Crippen LogP contribution in [-0.2, 0) is 17.8 Å². The van der Waals surface area contributed by atoms with E-state index < -0.39 is 5.60 Å². The highest BCUT2D eigenvalue weighted by Gasteiger charge is 2.34. The van der Waals surface area contributed by atoms with Crippen LogP contribution in [0.2, 0.25) is 0 Å². The van der Waals surface area contributed by atoms with Gasteiger partial charge in [0.25, 0.3) is 0 Å². The molecule has 0 spiro atoms. The number of nitrogens with zero attached hydrogens (tertiary/aromatic N) is 3. The molecule has 194 valence electrons. The molecule has 1 aliphatic heterocycles. The molecular weight excluding hydrogens is 461 g/mol. The molecule has 0 saturated carbocycles. The van der Waals surface area contributed by atoms with Gasteiger partial charge in [0.05, 0.1) is 20.0 Å². The van der Waals surface area contributed by atoms with E-state index in [1.807, 2.05) is 23.2 Å². The zero-order valence-electron chi connectivity index (χ0n) is 21.2. The van der Waals surface area contributed by atoms with Crippen molar-refractivity contribution in [3.05, 3.63) is 72.6 Å². The maximum absolute atomic E-state index is 14.0. The molecule has 4 rings (SSSR count). The molecule has 8 heteroatoms. The van der Waals surface area contributed by atoms with Crippen molar-refractivity contribution in [3.63, 3.8) is 0 Å². The van der Waals surface area contributed by atoms with E-state index in [4.69, 9.17) is 18.9 Å². The number of imidazole rings is 1. The van der Waals surface area contributed by atoms with E-state index in [2.05, 4.69) is 22.0 Å². The number of ether oxygens (including phenoxy) is 4. The van der Waals surface area contributed by atoms with Crippen LogP contribution in [0.15, 0.2) is 61.2 Å². The number of hydrogen-bond acceptors (Lipinski definition) is 6. The Morgan fingerprint density at radius 1 is 1.00 bits per heavy atom. The zero-order chi connectivity index (χ0) is 25.2. The molecule has 0 radical (unpaired) electrons. The lowest BCUT2D eigenvalue weighted by molar-refractivity contribution is -0.0548. The summed E-state index contributed by atoms with van der Waals surface area (Å²) >= 11 is 0. The van der Waals surface area contributed by atoms with Crippen molar-refractivity contribution >= 4 is 0 Å². The second kappa shape index (κ2) is 12.7. The molecule has 36 heavy (non-hydrogen) atoms. The van der Waals surface area contributed by atoms with Gasteiger partial charge in [0.2, 0.25) is 0 Å². The summed E-state index contributed by atoms with van der Waals surface area (Å²) in [4.78, 5) is 6.48. The van der Waals surface area contributed by atoms with E-state index in [1.54, 1.807) is 38.6 Å². The summed E-state index contributed by atoms with van der Waals surface area (Å²) < 4.78 is 39.4. The molecule has 7 nitrogen and oxygen atoms in total. The van der Waals surface area contributed by atoms with Crippen LogP contribution in [0.25, 0.3) is 0 Å². The van der Waals surface area contributed by atoms with Crippen molar-refractivity contribution in [3.8, 4) is 17.2 Å². The predicted molar refractivity (Wildman–Crippen MR) is 136 cm³/mol. The summed E-state index contributed by atoms with van der Waals surface area (Å²) in [6.07, 6.45) is 9.08. The van der Waals surface area contributed by atoms with Gasteiger partial charge >= 0.3 is 0 Å². The first-order valence-corrected chi connectivity index (χ1v) is 12.5. The van der Waals surface area contributed by atoms with Crippen LogP contribution in [0, 0.1) is 5.82 Å². The molecule has 0 aliphatic carbocycles. The predicted octanol–water partition coefficient (Wildman–Crippen LogP) is 4.95. The van der Waals surface area contributed by atoms with Crippen LogP contribution >= 0.6 is 0 Å². The first kappa shape index (κ1) is 26.0.